The van der Waals surface area contributed by atoms with Crippen LogP contribution in [0.3, 0.4) is 0 Å². The summed E-state index contributed by atoms with van der Waals surface area (Å²) in [6.45, 7) is 5.56. The highest BCUT2D eigenvalue weighted by molar-refractivity contribution is 6.30. The molecule has 0 saturated heterocycles. The molecular weight excluding hydrogens is 456 g/mol. The predicted octanol–water partition coefficient (Wildman–Crippen LogP) is 5.32. The molecule has 2 amide bonds. The number of methoxy groups -OCH3 is 1. The fourth-order valence-electron chi connectivity index (χ4n) is 3.92. The smallest absolute Gasteiger partial charge is 0.322 e. The second-order valence-corrected chi connectivity index (χ2v) is 8.23. The summed E-state index contributed by atoms with van der Waals surface area (Å²) in [4.78, 5) is 19.4. The minimum atomic E-state index is -0.482. The fraction of sp³-hybridized carbons (Fsp3) is 0.320. The Balaban J connectivity index is 1.74. The predicted molar refractivity (Wildman–Crippen MR) is 129 cm³/mol. The third-order valence-electron chi connectivity index (χ3n) is 5.66. The summed E-state index contributed by atoms with van der Waals surface area (Å²) in [5.74, 6) is 1.47. The maximum Gasteiger partial charge on any atom is 0.322 e. The topological polar surface area (TPSA) is 89.7 Å². The second kappa shape index (κ2) is 10.7. The zero-order chi connectivity index (χ0) is 24.1. The van der Waals surface area contributed by atoms with Crippen molar-refractivity contribution in [2.24, 2.45) is 0 Å². The Labute approximate surface area is 203 Å². The Hall–Kier alpha value is -3.36. The van der Waals surface area contributed by atoms with Crippen LogP contribution in [0.5, 0.6) is 5.75 Å². The van der Waals surface area contributed by atoms with Crippen LogP contribution in [0.2, 0.25) is 5.02 Å². The normalized spacial score (nSPS) is 16.1. The number of urea groups is 1. The van der Waals surface area contributed by atoms with Crippen LogP contribution in [0, 0.1) is 0 Å². The summed E-state index contributed by atoms with van der Waals surface area (Å²) < 4.78 is 16.5. The lowest BCUT2D eigenvalue weighted by atomic mass is 9.94. The number of carbonyl (C=O) groups excluding carboxylic acids is 1. The second-order valence-electron chi connectivity index (χ2n) is 7.79. The van der Waals surface area contributed by atoms with E-state index in [1.807, 2.05) is 50.2 Å². The number of nitrogens with one attached hydrogen (secondary N) is 1. The molecule has 34 heavy (non-hydrogen) atoms. The number of rotatable bonds is 9. The first-order chi connectivity index (χ1) is 16.5. The van der Waals surface area contributed by atoms with Gasteiger partial charge in [0.25, 0.3) is 5.89 Å². The lowest BCUT2D eigenvalue weighted by Crippen LogP contribution is -2.46. The van der Waals surface area contributed by atoms with E-state index in [1.54, 1.807) is 24.1 Å². The van der Waals surface area contributed by atoms with Crippen molar-refractivity contribution in [2.75, 3.05) is 26.9 Å². The molecule has 178 valence electrons. The average molecular weight is 483 g/mol. The van der Waals surface area contributed by atoms with Gasteiger partial charge in [0, 0.05) is 36.0 Å². The molecule has 0 bridgehead atoms. The molecule has 0 spiro atoms. The highest BCUT2D eigenvalue weighted by Gasteiger charge is 2.35. The van der Waals surface area contributed by atoms with Crippen molar-refractivity contribution in [3.05, 3.63) is 70.7 Å². The van der Waals surface area contributed by atoms with Gasteiger partial charge in [0.2, 0.25) is 5.82 Å². The molecule has 1 unspecified atom stereocenters. The van der Waals surface area contributed by atoms with Gasteiger partial charge in [-0.2, -0.15) is 4.98 Å². The molecule has 0 aliphatic carbocycles. The number of carbonyl (C=O) groups is 1. The zero-order valence-electron chi connectivity index (χ0n) is 19.4. The van der Waals surface area contributed by atoms with E-state index in [1.165, 1.54) is 0 Å². The Kier molecular flexibility index (Phi) is 7.49. The summed E-state index contributed by atoms with van der Waals surface area (Å²) >= 11 is 6.01. The van der Waals surface area contributed by atoms with Crippen molar-refractivity contribution in [1.82, 2.24) is 20.4 Å². The highest BCUT2D eigenvalue weighted by Crippen LogP contribution is 2.38. The van der Waals surface area contributed by atoms with E-state index in [2.05, 4.69) is 15.5 Å². The minimum absolute atomic E-state index is 0.192. The van der Waals surface area contributed by atoms with Crippen molar-refractivity contribution < 1.29 is 18.8 Å². The maximum atomic E-state index is 13.1. The number of ether oxygens (including phenoxy) is 2. The molecule has 1 aromatic heterocycles. The van der Waals surface area contributed by atoms with E-state index in [0.29, 0.717) is 48.7 Å². The molecule has 1 aliphatic heterocycles. The quantitative estimate of drug-likeness (QED) is 0.415. The summed E-state index contributed by atoms with van der Waals surface area (Å²) in [6.07, 6.45) is 0.704. The SMILES string of the molecule is CCOCCCN1C(=O)NC(c2cccc(OC)c2)C(c2nc(-c3ccc(Cl)cc3)no2)=C1C. The van der Waals surface area contributed by atoms with E-state index in [9.17, 15) is 4.79 Å². The molecule has 0 saturated carbocycles. The van der Waals surface area contributed by atoms with Gasteiger partial charge in [-0.3, -0.25) is 4.90 Å². The van der Waals surface area contributed by atoms with Gasteiger partial charge < -0.3 is 19.3 Å². The molecule has 0 radical (unpaired) electrons. The largest absolute Gasteiger partial charge is 0.497 e. The van der Waals surface area contributed by atoms with Crippen LogP contribution >= 0.6 is 11.6 Å². The summed E-state index contributed by atoms with van der Waals surface area (Å²) in [5.41, 5.74) is 3.11. The Morgan fingerprint density at radius 3 is 2.74 bits per heavy atom. The fourth-order valence-corrected chi connectivity index (χ4v) is 4.04. The molecule has 8 nitrogen and oxygen atoms in total. The Morgan fingerprint density at radius 1 is 1.21 bits per heavy atom. The number of allylic oxidation sites excluding steroid dienone is 1. The number of hydrogen-bond donors (Lipinski definition) is 1. The van der Waals surface area contributed by atoms with Crippen LogP contribution in [0.4, 0.5) is 4.79 Å². The Bertz CT molecular complexity index is 1180. The van der Waals surface area contributed by atoms with Gasteiger partial charge in [-0.25, -0.2) is 4.79 Å². The van der Waals surface area contributed by atoms with Crippen LogP contribution in [-0.4, -0.2) is 47.9 Å². The van der Waals surface area contributed by atoms with Gasteiger partial charge in [-0.1, -0.05) is 28.9 Å². The summed E-state index contributed by atoms with van der Waals surface area (Å²) in [5, 5.41) is 7.90. The zero-order valence-corrected chi connectivity index (χ0v) is 20.1. The van der Waals surface area contributed by atoms with Gasteiger partial charge in [-0.05, 0) is 62.2 Å². The van der Waals surface area contributed by atoms with Crippen LogP contribution in [0.25, 0.3) is 17.0 Å². The molecule has 1 N–H and O–H groups in total. The molecule has 1 atom stereocenters. The van der Waals surface area contributed by atoms with E-state index in [0.717, 1.165) is 22.4 Å². The number of nitrogens with zero attached hydrogens (tertiary/aromatic N) is 3. The van der Waals surface area contributed by atoms with Gasteiger partial charge >= 0.3 is 6.03 Å². The van der Waals surface area contributed by atoms with Crippen molar-refractivity contribution >= 4 is 23.2 Å². The van der Waals surface area contributed by atoms with Gasteiger partial charge in [0.15, 0.2) is 0 Å². The third kappa shape index (κ3) is 5.08. The first-order valence-electron chi connectivity index (χ1n) is 11.1. The number of halogens is 1. The maximum absolute atomic E-state index is 13.1. The van der Waals surface area contributed by atoms with E-state index >= 15 is 0 Å². The lowest BCUT2D eigenvalue weighted by Gasteiger charge is -2.35. The molecular formula is C25H27ClN4O4. The van der Waals surface area contributed by atoms with E-state index in [-0.39, 0.29) is 6.03 Å². The van der Waals surface area contributed by atoms with Crippen molar-refractivity contribution in [3.63, 3.8) is 0 Å². The Morgan fingerprint density at radius 2 is 2.00 bits per heavy atom. The van der Waals surface area contributed by atoms with Crippen LogP contribution in [0.15, 0.2) is 58.8 Å². The molecule has 2 aromatic carbocycles. The number of aromatic nitrogens is 2. The lowest BCUT2D eigenvalue weighted by molar-refractivity contribution is 0.136. The standard InChI is InChI=1S/C25H27ClN4O4/c1-4-33-14-6-13-30-16(2)21(22(27-25(30)31)18-7-5-8-20(15-18)32-3)24-28-23(29-34-24)17-9-11-19(26)12-10-17/h5,7-12,15,22H,4,6,13-14H2,1-3H3,(H,27,31). The third-order valence-corrected chi connectivity index (χ3v) is 5.91. The van der Waals surface area contributed by atoms with Crippen LogP contribution in [0.1, 0.15) is 37.8 Å². The average Bonchev–Trinajstić information content (AvgIpc) is 3.33. The molecule has 4 rings (SSSR count). The van der Waals surface area contributed by atoms with Crippen molar-refractivity contribution in [3.8, 4) is 17.1 Å². The first-order valence-corrected chi connectivity index (χ1v) is 11.5. The molecule has 1 aliphatic rings. The van der Waals surface area contributed by atoms with Gasteiger partial charge in [0.05, 0.1) is 18.7 Å². The van der Waals surface area contributed by atoms with E-state index < -0.39 is 6.04 Å². The number of benzene rings is 2. The monoisotopic (exact) mass is 482 g/mol. The van der Waals surface area contributed by atoms with Crippen molar-refractivity contribution in [2.45, 2.75) is 26.3 Å². The summed E-state index contributed by atoms with van der Waals surface area (Å²) in [6, 6.07) is 14.1. The molecule has 2 heterocycles. The number of amides is 2. The van der Waals surface area contributed by atoms with Crippen LogP contribution in [-0.2, 0) is 4.74 Å². The summed E-state index contributed by atoms with van der Waals surface area (Å²) in [7, 11) is 1.61. The highest BCUT2D eigenvalue weighted by atomic mass is 35.5. The van der Waals surface area contributed by atoms with E-state index in [4.69, 9.17) is 25.6 Å². The molecule has 9 heteroatoms. The minimum Gasteiger partial charge on any atom is -0.497 e. The van der Waals surface area contributed by atoms with Crippen LogP contribution < -0.4 is 10.1 Å². The van der Waals surface area contributed by atoms with Gasteiger partial charge in [0.1, 0.15) is 5.75 Å². The molecule has 3 aromatic rings. The van der Waals surface area contributed by atoms with Gasteiger partial charge in [-0.15, -0.1) is 0 Å². The first kappa shape index (κ1) is 23.8. The number of hydrogen-bond acceptors (Lipinski definition) is 6. The molecule has 0 fully saturated rings. The van der Waals surface area contributed by atoms with Crippen molar-refractivity contribution in [1.29, 1.82) is 0 Å².